The lowest BCUT2D eigenvalue weighted by atomic mass is 10.1. The first-order valence-electron chi connectivity index (χ1n) is 5.90. The van der Waals surface area contributed by atoms with Gasteiger partial charge >= 0.3 is 0 Å². The van der Waals surface area contributed by atoms with Gasteiger partial charge in [0, 0.05) is 6.04 Å². The second-order valence-electron chi connectivity index (χ2n) is 3.96. The quantitative estimate of drug-likeness (QED) is 0.886. The summed E-state index contributed by atoms with van der Waals surface area (Å²) in [6, 6.07) is 10.1. The van der Waals surface area contributed by atoms with Crippen molar-refractivity contribution in [3.63, 3.8) is 0 Å². The van der Waals surface area contributed by atoms with E-state index in [0.717, 1.165) is 17.8 Å². The standard InChI is InChI=1S/C13H15N5/c1-3-15-10(2)11-6-4-5-7-12(11)18-9-16-13(8-14)17-18/h4-7,9-10,15H,3H2,1-2H3. The average Bonchev–Trinajstić information content (AvgIpc) is 2.87. The van der Waals surface area contributed by atoms with E-state index in [9.17, 15) is 0 Å². The lowest BCUT2D eigenvalue weighted by Crippen LogP contribution is -2.19. The number of hydrogen-bond donors (Lipinski definition) is 1. The minimum atomic E-state index is 0.181. The van der Waals surface area contributed by atoms with Crippen LogP contribution in [0.5, 0.6) is 0 Å². The van der Waals surface area contributed by atoms with Crippen molar-refractivity contribution in [2.75, 3.05) is 6.54 Å². The van der Waals surface area contributed by atoms with Crippen LogP contribution in [0, 0.1) is 11.3 Å². The third kappa shape index (κ3) is 2.39. The molecule has 0 bridgehead atoms. The van der Waals surface area contributed by atoms with Crippen molar-refractivity contribution >= 4 is 0 Å². The van der Waals surface area contributed by atoms with E-state index in [1.54, 1.807) is 11.0 Å². The molecule has 0 aliphatic heterocycles. The summed E-state index contributed by atoms with van der Waals surface area (Å²) in [5.74, 6) is 0.181. The first-order valence-corrected chi connectivity index (χ1v) is 5.90. The van der Waals surface area contributed by atoms with E-state index < -0.39 is 0 Å². The van der Waals surface area contributed by atoms with Crippen molar-refractivity contribution in [1.82, 2.24) is 20.1 Å². The molecular weight excluding hydrogens is 226 g/mol. The predicted molar refractivity (Wildman–Crippen MR) is 68.2 cm³/mol. The summed E-state index contributed by atoms with van der Waals surface area (Å²) in [7, 11) is 0. The molecule has 0 radical (unpaired) electrons. The van der Waals surface area contributed by atoms with Gasteiger partial charge in [-0.25, -0.2) is 9.67 Å². The van der Waals surface area contributed by atoms with Crippen LogP contribution in [0.3, 0.4) is 0 Å². The molecule has 0 saturated heterocycles. The van der Waals surface area contributed by atoms with E-state index in [4.69, 9.17) is 5.26 Å². The molecule has 0 spiro atoms. The van der Waals surface area contributed by atoms with E-state index >= 15 is 0 Å². The van der Waals surface area contributed by atoms with Gasteiger partial charge in [-0.3, -0.25) is 0 Å². The van der Waals surface area contributed by atoms with Crippen molar-refractivity contribution in [2.24, 2.45) is 0 Å². The van der Waals surface area contributed by atoms with E-state index in [1.807, 2.05) is 24.3 Å². The van der Waals surface area contributed by atoms with Gasteiger partial charge in [-0.15, -0.1) is 5.10 Å². The molecule has 1 N–H and O–H groups in total. The monoisotopic (exact) mass is 241 g/mol. The Labute approximate surface area is 106 Å². The maximum absolute atomic E-state index is 8.76. The summed E-state index contributed by atoms with van der Waals surface area (Å²) in [6.45, 7) is 5.07. The largest absolute Gasteiger partial charge is 0.310 e. The minimum Gasteiger partial charge on any atom is -0.310 e. The van der Waals surface area contributed by atoms with E-state index in [-0.39, 0.29) is 11.9 Å². The second kappa shape index (κ2) is 5.43. The third-order valence-electron chi connectivity index (χ3n) is 2.75. The van der Waals surface area contributed by atoms with Crippen LogP contribution < -0.4 is 5.32 Å². The molecule has 2 aromatic rings. The Hall–Kier alpha value is -2.19. The number of aromatic nitrogens is 3. The zero-order valence-corrected chi connectivity index (χ0v) is 10.5. The molecule has 5 heteroatoms. The van der Waals surface area contributed by atoms with Crippen LogP contribution in [0.2, 0.25) is 0 Å². The average molecular weight is 241 g/mol. The fraction of sp³-hybridized carbons (Fsp3) is 0.308. The molecule has 5 nitrogen and oxygen atoms in total. The Kier molecular flexibility index (Phi) is 3.70. The maximum atomic E-state index is 8.76. The lowest BCUT2D eigenvalue weighted by molar-refractivity contribution is 0.593. The smallest absolute Gasteiger partial charge is 0.252 e. The van der Waals surface area contributed by atoms with Crippen molar-refractivity contribution in [3.8, 4) is 11.8 Å². The van der Waals surface area contributed by atoms with Gasteiger partial charge in [0.25, 0.3) is 5.82 Å². The number of rotatable bonds is 4. The molecule has 0 fully saturated rings. The van der Waals surface area contributed by atoms with Crippen molar-refractivity contribution in [3.05, 3.63) is 42.0 Å². The van der Waals surface area contributed by atoms with Gasteiger partial charge < -0.3 is 5.32 Å². The van der Waals surface area contributed by atoms with Crippen molar-refractivity contribution in [2.45, 2.75) is 19.9 Å². The molecule has 0 aliphatic rings. The SMILES string of the molecule is CCNC(C)c1ccccc1-n1cnc(C#N)n1. The summed E-state index contributed by atoms with van der Waals surface area (Å²) in [5, 5.41) is 16.2. The number of benzene rings is 1. The molecule has 92 valence electrons. The van der Waals surface area contributed by atoms with Crippen LogP contribution in [0.15, 0.2) is 30.6 Å². The summed E-state index contributed by atoms with van der Waals surface area (Å²) in [4.78, 5) is 3.93. The number of hydrogen-bond acceptors (Lipinski definition) is 4. The van der Waals surface area contributed by atoms with Crippen LogP contribution in [0.4, 0.5) is 0 Å². The summed E-state index contributed by atoms with van der Waals surface area (Å²) < 4.78 is 1.64. The first kappa shape index (κ1) is 12.3. The summed E-state index contributed by atoms with van der Waals surface area (Å²) >= 11 is 0. The Morgan fingerprint density at radius 3 is 2.89 bits per heavy atom. The van der Waals surface area contributed by atoms with Gasteiger partial charge in [-0.1, -0.05) is 25.1 Å². The normalized spacial score (nSPS) is 12.1. The number of nitrogens with one attached hydrogen (secondary N) is 1. The molecule has 1 unspecified atom stereocenters. The molecule has 1 atom stereocenters. The number of nitrogens with zero attached hydrogens (tertiary/aromatic N) is 4. The maximum Gasteiger partial charge on any atom is 0.252 e. The summed E-state index contributed by atoms with van der Waals surface area (Å²) in [5.41, 5.74) is 2.08. The van der Waals surface area contributed by atoms with Gasteiger partial charge in [0.15, 0.2) is 0 Å². The molecular formula is C13H15N5. The molecule has 1 aromatic carbocycles. The van der Waals surface area contributed by atoms with Crippen LogP contribution >= 0.6 is 0 Å². The Morgan fingerprint density at radius 2 is 2.22 bits per heavy atom. The van der Waals surface area contributed by atoms with Gasteiger partial charge in [0.05, 0.1) is 5.69 Å². The highest BCUT2D eigenvalue weighted by Crippen LogP contribution is 2.20. The van der Waals surface area contributed by atoms with Crippen LogP contribution in [-0.4, -0.2) is 21.3 Å². The minimum absolute atomic E-state index is 0.181. The van der Waals surface area contributed by atoms with Crippen molar-refractivity contribution in [1.29, 1.82) is 5.26 Å². The molecule has 2 rings (SSSR count). The van der Waals surface area contributed by atoms with Gasteiger partial charge in [0.2, 0.25) is 0 Å². The zero-order chi connectivity index (χ0) is 13.0. The van der Waals surface area contributed by atoms with E-state index in [2.05, 4.69) is 35.3 Å². The lowest BCUT2D eigenvalue weighted by Gasteiger charge is -2.16. The predicted octanol–water partition coefficient (Wildman–Crippen LogP) is 1.81. The second-order valence-corrected chi connectivity index (χ2v) is 3.96. The molecule has 0 saturated carbocycles. The number of para-hydroxylation sites is 1. The van der Waals surface area contributed by atoms with Gasteiger partial charge in [-0.2, -0.15) is 5.26 Å². The number of nitriles is 1. The fourth-order valence-corrected chi connectivity index (χ4v) is 1.91. The molecule has 1 aromatic heterocycles. The van der Waals surface area contributed by atoms with Gasteiger partial charge in [0.1, 0.15) is 12.4 Å². The zero-order valence-electron chi connectivity index (χ0n) is 10.5. The van der Waals surface area contributed by atoms with Crippen LogP contribution in [-0.2, 0) is 0 Å². The molecule has 18 heavy (non-hydrogen) atoms. The van der Waals surface area contributed by atoms with E-state index in [1.165, 1.54) is 0 Å². The Bertz CT molecular complexity index is 567. The fourth-order valence-electron chi connectivity index (χ4n) is 1.91. The van der Waals surface area contributed by atoms with Crippen LogP contribution in [0.25, 0.3) is 5.69 Å². The molecule has 1 heterocycles. The Balaban J connectivity index is 2.41. The highest BCUT2D eigenvalue weighted by atomic mass is 15.3. The highest BCUT2D eigenvalue weighted by molar-refractivity contribution is 5.42. The summed E-state index contributed by atoms with van der Waals surface area (Å²) in [6.07, 6.45) is 1.57. The van der Waals surface area contributed by atoms with Crippen LogP contribution in [0.1, 0.15) is 31.3 Å². The highest BCUT2D eigenvalue weighted by Gasteiger charge is 2.11. The molecule has 0 aliphatic carbocycles. The van der Waals surface area contributed by atoms with Gasteiger partial charge in [-0.05, 0) is 25.1 Å². The molecule has 0 amide bonds. The topological polar surface area (TPSA) is 66.5 Å². The Morgan fingerprint density at radius 1 is 1.44 bits per heavy atom. The van der Waals surface area contributed by atoms with Crippen molar-refractivity contribution < 1.29 is 0 Å². The first-order chi connectivity index (χ1) is 8.76. The van der Waals surface area contributed by atoms with E-state index in [0.29, 0.717) is 0 Å². The third-order valence-corrected chi connectivity index (χ3v) is 2.75.